The van der Waals surface area contributed by atoms with Crippen molar-refractivity contribution in [2.75, 3.05) is 5.32 Å². The van der Waals surface area contributed by atoms with E-state index < -0.39 is 0 Å². The molecule has 0 saturated carbocycles. The van der Waals surface area contributed by atoms with Crippen LogP contribution in [0.4, 0.5) is 5.13 Å². The van der Waals surface area contributed by atoms with Crippen molar-refractivity contribution in [3.63, 3.8) is 0 Å². The molecule has 2 aromatic carbocycles. The van der Waals surface area contributed by atoms with E-state index in [1.165, 1.54) is 22.5 Å². The molecule has 0 atom stereocenters. The van der Waals surface area contributed by atoms with Gasteiger partial charge in [-0.15, -0.1) is 10.2 Å². The van der Waals surface area contributed by atoms with Crippen molar-refractivity contribution in [3.05, 3.63) is 68.3 Å². The molecule has 0 saturated heterocycles. The first-order valence-corrected chi connectivity index (χ1v) is 10.5. The summed E-state index contributed by atoms with van der Waals surface area (Å²) in [6, 6.07) is 14.2. The van der Waals surface area contributed by atoms with Gasteiger partial charge < -0.3 is 0 Å². The lowest BCUT2D eigenvalue weighted by molar-refractivity contribution is 0.102. The van der Waals surface area contributed by atoms with Crippen LogP contribution in [0.3, 0.4) is 0 Å². The van der Waals surface area contributed by atoms with Crippen molar-refractivity contribution in [3.8, 4) is 0 Å². The minimum atomic E-state index is -0.157. The molecule has 3 aromatic rings. The number of amides is 1. The molecule has 4 nitrogen and oxygen atoms in total. The monoisotopic (exact) mass is 481 g/mol. The molecule has 25 heavy (non-hydrogen) atoms. The fraction of sp³-hybridized carbons (Fsp3) is 0.167. The topological polar surface area (TPSA) is 54.9 Å². The summed E-state index contributed by atoms with van der Waals surface area (Å²) in [5, 5.41) is 11.6. The molecule has 1 heterocycles. The average Bonchev–Trinajstić information content (AvgIpc) is 3.00. The molecule has 0 radical (unpaired) electrons. The maximum atomic E-state index is 12.4. The minimum absolute atomic E-state index is 0.157. The number of nitrogens with one attached hydrogen (secondary N) is 1. The molecule has 128 valence electrons. The number of aryl methyl sites for hydroxylation is 2. The van der Waals surface area contributed by atoms with E-state index in [-0.39, 0.29) is 5.91 Å². The molecular formula is C18H16IN3OS2. The van der Waals surface area contributed by atoms with Crippen LogP contribution in [-0.4, -0.2) is 16.1 Å². The highest BCUT2D eigenvalue weighted by molar-refractivity contribution is 14.1. The molecule has 1 amide bonds. The highest BCUT2D eigenvalue weighted by atomic mass is 127. The second kappa shape index (κ2) is 8.29. The molecule has 1 N–H and O–H groups in total. The smallest absolute Gasteiger partial charge is 0.258 e. The minimum Gasteiger partial charge on any atom is -0.296 e. The second-order valence-electron chi connectivity index (χ2n) is 5.59. The van der Waals surface area contributed by atoms with E-state index in [4.69, 9.17) is 0 Å². The van der Waals surface area contributed by atoms with Crippen molar-refractivity contribution in [1.82, 2.24) is 10.2 Å². The van der Waals surface area contributed by atoms with Crippen LogP contribution < -0.4 is 5.32 Å². The summed E-state index contributed by atoms with van der Waals surface area (Å²) in [7, 11) is 0. The Morgan fingerprint density at radius 1 is 1.16 bits per heavy atom. The highest BCUT2D eigenvalue weighted by Crippen LogP contribution is 2.29. The number of benzene rings is 2. The first kappa shape index (κ1) is 18.3. The molecular weight excluding hydrogens is 465 g/mol. The third-order valence-corrected chi connectivity index (χ3v) is 6.38. The summed E-state index contributed by atoms with van der Waals surface area (Å²) >= 11 is 5.19. The maximum absolute atomic E-state index is 12.4. The summed E-state index contributed by atoms with van der Waals surface area (Å²) in [5.41, 5.74) is 4.28. The van der Waals surface area contributed by atoms with Gasteiger partial charge in [0.2, 0.25) is 5.13 Å². The van der Waals surface area contributed by atoms with Crippen LogP contribution in [-0.2, 0) is 5.75 Å². The molecule has 3 rings (SSSR count). The van der Waals surface area contributed by atoms with E-state index in [1.807, 2.05) is 25.1 Å². The Bertz CT molecular complexity index is 911. The lowest BCUT2D eigenvalue weighted by Crippen LogP contribution is -2.13. The van der Waals surface area contributed by atoms with Gasteiger partial charge in [-0.25, -0.2) is 0 Å². The van der Waals surface area contributed by atoms with Crippen LogP contribution in [0.15, 0.2) is 46.8 Å². The van der Waals surface area contributed by atoms with E-state index >= 15 is 0 Å². The van der Waals surface area contributed by atoms with Crippen LogP contribution >= 0.6 is 45.7 Å². The molecule has 0 aliphatic rings. The van der Waals surface area contributed by atoms with Crippen molar-refractivity contribution >= 4 is 56.7 Å². The lowest BCUT2D eigenvalue weighted by Gasteiger charge is -2.04. The van der Waals surface area contributed by atoms with Crippen molar-refractivity contribution in [2.24, 2.45) is 0 Å². The van der Waals surface area contributed by atoms with Gasteiger partial charge in [0, 0.05) is 9.32 Å². The van der Waals surface area contributed by atoms with Gasteiger partial charge in [0.15, 0.2) is 4.34 Å². The highest BCUT2D eigenvalue weighted by Gasteiger charge is 2.13. The number of hydrogen-bond acceptors (Lipinski definition) is 5. The van der Waals surface area contributed by atoms with Crippen molar-refractivity contribution < 1.29 is 4.79 Å². The first-order valence-electron chi connectivity index (χ1n) is 7.60. The van der Waals surface area contributed by atoms with Gasteiger partial charge in [-0.1, -0.05) is 64.6 Å². The van der Waals surface area contributed by atoms with Crippen molar-refractivity contribution in [2.45, 2.75) is 23.9 Å². The Kier molecular flexibility index (Phi) is 6.08. The number of rotatable bonds is 5. The van der Waals surface area contributed by atoms with Crippen LogP contribution in [0, 0.1) is 17.4 Å². The number of thioether (sulfide) groups is 1. The summed E-state index contributed by atoms with van der Waals surface area (Å²) < 4.78 is 1.77. The molecule has 0 aliphatic carbocycles. The largest absolute Gasteiger partial charge is 0.296 e. The van der Waals surface area contributed by atoms with Crippen LogP contribution in [0.1, 0.15) is 27.0 Å². The zero-order valence-electron chi connectivity index (χ0n) is 13.7. The predicted molar refractivity (Wildman–Crippen MR) is 112 cm³/mol. The Morgan fingerprint density at radius 3 is 2.72 bits per heavy atom. The van der Waals surface area contributed by atoms with Gasteiger partial charge in [0.1, 0.15) is 0 Å². The van der Waals surface area contributed by atoms with Gasteiger partial charge in [-0.2, -0.15) is 0 Å². The van der Waals surface area contributed by atoms with Gasteiger partial charge in [-0.05, 0) is 54.1 Å². The fourth-order valence-electron chi connectivity index (χ4n) is 2.23. The Balaban J connectivity index is 1.62. The third kappa shape index (κ3) is 5.02. The number of nitrogens with zero attached hydrogens (tertiary/aromatic N) is 2. The normalized spacial score (nSPS) is 10.7. The van der Waals surface area contributed by atoms with E-state index in [0.717, 1.165) is 19.2 Å². The van der Waals surface area contributed by atoms with Gasteiger partial charge >= 0.3 is 0 Å². The molecule has 0 fully saturated rings. The lowest BCUT2D eigenvalue weighted by atomic mass is 10.1. The van der Waals surface area contributed by atoms with Crippen molar-refractivity contribution in [1.29, 1.82) is 0 Å². The third-order valence-electron chi connectivity index (χ3n) is 3.44. The first-order chi connectivity index (χ1) is 12.0. The van der Waals surface area contributed by atoms with E-state index in [0.29, 0.717) is 10.7 Å². The maximum Gasteiger partial charge on any atom is 0.258 e. The number of carbonyl (C=O) groups excluding carboxylic acids is 1. The summed E-state index contributed by atoms with van der Waals surface area (Å²) in [4.78, 5) is 12.4. The Labute approximate surface area is 168 Å². The number of aromatic nitrogens is 2. The summed E-state index contributed by atoms with van der Waals surface area (Å²) in [6.45, 7) is 4.09. The molecule has 0 bridgehead atoms. The van der Waals surface area contributed by atoms with E-state index in [1.54, 1.807) is 11.8 Å². The number of anilines is 1. The molecule has 0 aliphatic heterocycles. The zero-order chi connectivity index (χ0) is 17.8. The van der Waals surface area contributed by atoms with Gasteiger partial charge in [-0.3, -0.25) is 10.1 Å². The van der Waals surface area contributed by atoms with Crippen LogP contribution in [0.25, 0.3) is 0 Å². The van der Waals surface area contributed by atoms with Crippen LogP contribution in [0.5, 0.6) is 0 Å². The molecule has 7 heteroatoms. The predicted octanol–water partition coefficient (Wildman–Crippen LogP) is 5.30. The summed E-state index contributed by atoms with van der Waals surface area (Å²) in [5.74, 6) is 0.677. The average molecular weight is 481 g/mol. The SMILES string of the molecule is Cc1cccc(CSc2nnc(NC(=O)c3ccc(C)cc3I)s2)c1. The Hall–Kier alpha value is -1.45. The van der Waals surface area contributed by atoms with Crippen LogP contribution in [0.2, 0.25) is 0 Å². The molecule has 1 aromatic heterocycles. The molecule has 0 spiro atoms. The Morgan fingerprint density at radius 2 is 1.96 bits per heavy atom. The van der Waals surface area contributed by atoms with E-state index in [2.05, 4.69) is 69.3 Å². The fourth-order valence-corrected chi connectivity index (χ4v) is 4.84. The number of halogens is 1. The molecule has 0 unspecified atom stereocenters. The number of hydrogen-bond donors (Lipinski definition) is 1. The number of carbonyl (C=O) groups is 1. The van der Waals surface area contributed by atoms with Gasteiger partial charge in [0.25, 0.3) is 5.91 Å². The zero-order valence-corrected chi connectivity index (χ0v) is 17.5. The van der Waals surface area contributed by atoms with E-state index in [9.17, 15) is 4.79 Å². The quantitative estimate of drug-likeness (QED) is 0.305. The van der Waals surface area contributed by atoms with Gasteiger partial charge in [0.05, 0.1) is 5.56 Å². The second-order valence-corrected chi connectivity index (χ2v) is 8.95. The summed E-state index contributed by atoms with van der Waals surface area (Å²) in [6.07, 6.45) is 0. The standard InChI is InChI=1S/C18H16IN3OS2/c1-11-4-3-5-13(8-11)10-24-18-22-21-17(25-18)20-16(23)14-7-6-12(2)9-15(14)19/h3-9H,10H2,1-2H3,(H,20,21,23).